The van der Waals surface area contributed by atoms with Crippen LogP contribution in [-0.2, 0) is 4.79 Å². The third-order valence-electron chi connectivity index (χ3n) is 4.08. The topological polar surface area (TPSA) is 51.1 Å². The van der Waals surface area contributed by atoms with Gasteiger partial charge in [-0.25, -0.2) is 0 Å². The van der Waals surface area contributed by atoms with Crippen LogP contribution in [0.5, 0.6) is 11.5 Å². The quantitative estimate of drug-likeness (QED) is 0.798. The maximum absolute atomic E-state index is 12.8. The van der Waals surface area contributed by atoms with E-state index in [0.717, 1.165) is 16.8 Å². The number of nitrogens with zero attached hydrogens (tertiary/aromatic N) is 2. The fourth-order valence-corrected chi connectivity index (χ4v) is 2.64. The summed E-state index contributed by atoms with van der Waals surface area (Å²) in [7, 11) is 3.19. The predicted molar refractivity (Wildman–Crippen MR) is 99.3 cm³/mol. The summed E-state index contributed by atoms with van der Waals surface area (Å²) in [5.41, 5.74) is 3.90. The fraction of sp³-hybridized carbons (Fsp3) is 0.200. The second kappa shape index (κ2) is 6.81. The zero-order chi connectivity index (χ0) is 18.0. The zero-order valence-electron chi connectivity index (χ0n) is 14.7. The minimum absolute atomic E-state index is 0.153. The number of methoxy groups -OCH3 is 2. The Kier molecular flexibility index (Phi) is 4.57. The van der Waals surface area contributed by atoms with Gasteiger partial charge in [0.1, 0.15) is 11.5 Å². The van der Waals surface area contributed by atoms with Gasteiger partial charge in [-0.05, 0) is 44.2 Å². The molecule has 3 rings (SSSR count). The summed E-state index contributed by atoms with van der Waals surface area (Å²) in [6.07, 6.45) is 1.80. The van der Waals surface area contributed by atoms with Crippen molar-refractivity contribution < 1.29 is 14.3 Å². The Balaban J connectivity index is 1.96. The van der Waals surface area contributed by atoms with E-state index in [4.69, 9.17) is 9.47 Å². The molecule has 1 aliphatic rings. The third-order valence-corrected chi connectivity index (χ3v) is 4.08. The molecule has 1 aliphatic heterocycles. The molecule has 0 radical (unpaired) electrons. The first-order valence-corrected chi connectivity index (χ1v) is 7.94. The second-order valence-corrected chi connectivity index (χ2v) is 5.80. The maximum Gasteiger partial charge on any atom is 0.280 e. The molecule has 0 bridgehead atoms. The van der Waals surface area contributed by atoms with E-state index in [1.165, 1.54) is 5.01 Å². The van der Waals surface area contributed by atoms with E-state index in [1.54, 1.807) is 26.4 Å². The standard InChI is InChI=1S/C20H20N2O3/c1-13-5-8-16(9-6-13)22-20(23)18(14(2)21-22)11-15-7-10-17(24-3)12-19(15)25-4/h5-12H,1-4H3. The molecule has 0 saturated carbocycles. The summed E-state index contributed by atoms with van der Waals surface area (Å²) in [6.45, 7) is 3.83. The molecule has 5 heteroatoms. The fourth-order valence-electron chi connectivity index (χ4n) is 2.64. The van der Waals surface area contributed by atoms with Crippen LogP contribution in [0.1, 0.15) is 18.1 Å². The Morgan fingerprint density at radius 3 is 2.36 bits per heavy atom. The second-order valence-electron chi connectivity index (χ2n) is 5.80. The Labute approximate surface area is 147 Å². The largest absolute Gasteiger partial charge is 0.497 e. The summed E-state index contributed by atoms with van der Waals surface area (Å²) in [4.78, 5) is 12.8. The Bertz CT molecular complexity index is 867. The smallest absolute Gasteiger partial charge is 0.280 e. The summed E-state index contributed by atoms with van der Waals surface area (Å²) in [5.74, 6) is 1.18. The third kappa shape index (κ3) is 3.26. The molecule has 0 aliphatic carbocycles. The van der Waals surface area contributed by atoms with E-state index in [0.29, 0.717) is 22.8 Å². The number of benzene rings is 2. The van der Waals surface area contributed by atoms with Crippen LogP contribution in [0.4, 0.5) is 5.69 Å². The van der Waals surface area contributed by atoms with Crippen LogP contribution in [-0.4, -0.2) is 25.8 Å². The van der Waals surface area contributed by atoms with E-state index in [9.17, 15) is 4.79 Å². The Morgan fingerprint density at radius 1 is 1.00 bits per heavy atom. The van der Waals surface area contributed by atoms with Gasteiger partial charge >= 0.3 is 0 Å². The van der Waals surface area contributed by atoms with Crippen molar-refractivity contribution in [1.82, 2.24) is 0 Å². The molecule has 0 unspecified atom stereocenters. The number of hydrogen-bond donors (Lipinski definition) is 0. The number of hydrogen-bond acceptors (Lipinski definition) is 4. The van der Waals surface area contributed by atoms with Gasteiger partial charge in [0.2, 0.25) is 0 Å². The predicted octanol–water partition coefficient (Wildman–Crippen LogP) is 3.82. The van der Waals surface area contributed by atoms with Crippen molar-refractivity contribution in [2.75, 3.05) is 19.2 Å². The molecule has 1 amide bonds. The SMILES string of the molecule is COc1ccc(C=C2C(=O)N(c3ccc(C)cc3)N=C2C)c(OC)c1. The van der Waals surface area contributed by atoms with Crippen LogP contribution in [0.2, 0.25) is 0 Å². The monoisotopic (exact) mass is 336 g/mol. The molecule has 0 saturated heterocycles. The van der Waals surface area contributed by atoms with Crippen molar-refractivity contribution in [1.29, 1.82) is 0 Å². The first kappa shape index (κ1) is 16.8. The van der Waals surface area contributed by atoms with Gasteiger partial charge in [0.25, 0.3) is 5.91 Å². The molecule has 0 atom stereocenters. The van der Waals surface area contributed by atoms with Crippen LogP contribution in [0.25, 0.3) is 6.08 Å². The molecule has 2 aromatic carbocycles. The van der Waals surface area contributed by atoms with Crippen molar-refractivity contribution in [3.8, 4) is 11.5 Å². The molecular formula is C20H20N2O3. The van der Waals surface area contributed by atoms with Crippen molar-refractivity contribution in [2.45, 2.75) is 13.8 Å². The average molecular weight is 336 g/mol. The molecule has 1 heterocycles. The van der Waals surface area contributed by atoms with Gasteiger partial charge in [-0.2, -0.15) is 10.1 Å². The highest BCUT2D eigenvalue weighted by Crippen LogP contribution is 2.30. The minimum atomic E-state index is -0.153. The van der Waals surface area contributed by atoms with Crippen LogP contribution >= 0.6 is 0 Å². The highest BCUT2D eigenvalue weighted by Gasteiger charge is 2.28. The zero-order valence-corrected chi connectivity index (χ0v) is 14.7. The molecule has 5 nitrogen and oxygen atoms in total. The van der Waals surface area contributed by atoms with Gasteiger partial charge in [-0.15, -0.1) is 0 Å². The van der Waals surface area contributed by atoms with Crippen LogP contribution < -0.4 is 14.5 Å². The number of amides is 1. The maximum atomic E-state index is 12.8. The van der Waals surface area contributed by atoms with E-state index >= 15 is 0 Å². The summed E-state index contributed by atoms with van der Waals surface area (Å²) in [5, 5.41) is 5.83. The van der Waals surface area contributed by atoms with Gasteiger partial charge in [0, 0.05) is 11.6 Å². The summed E-state index contributed by atoms with van der Waals surface area (Å²) < 4.78 is 10.6. The van der Waals surface area contributed by atoms with E-state index in [2.05, 4.69) is 5.10 Å². The van der Waals surface area contributed by atoms with Crippen molar-refractivity contribution in [3.05, 3.63) is 59.2 Å². The van der Waals surface area contributed by atoms with Crippen LogP contribution in [0.15, 0.2) is 53.1 Å². The lowest BCUT2D eigenvalue weighted by Crippen LogP contribution is -2.21. The van der Waals surface area contributed by atoms with Gasteiger partial charge in [0.15, 0.2) is 0 Å². The highest BCUT2D eigenvalue weighted by atomic mass is 16.5. The lowest BCUT2D eigenvalue weighted by molar-refractivity contribution is -0.114. The number of carbonyl (C=O) groups is 1. The Hall–Kier alpha value is -3.08. The van der Waals surface area contributed by atoms with E-state index in [1.807, 2.05) is 50.2 Å². The van der Waals surface area contributed by atoms with Gasteiger partial charge in [-0.3, -0.25) is 4.79 Å². The number of aryl methyl sites for hydroxylation is 1. The number of hydrazone groups is 1. The van der Waals surface area contributed by atoms with Crippen molar-refractivity contribution in [3.63, 3.8) is 0 Å². The van der Waals surface area contributed by atoms with Gasteiger partial charge in [0.05, 0.1) is 31.2 Å². The average Bonchev–Trinajstić information content (AvgIpc) is 2.91. The van der Waals surface area contributed by atoms with E-state index in [-0.39, 0.29) is 5.91 Å². The lowest BCUT2D eigenvalue weighted by Gasteiger charge is -2.12. The molecule has 0 N–H and O–H groups in total. The first-order chi connectivity index (χ1) is 12.0. The number of rotatable bonds is 4. The molecular weight excluding hydrogens is 316 g/mol. The normalized spacial score (nSPS) is 15.5. The van der Waals surface area contributed by atoms with Crippen LogP contribution in [0.3, 0.4) is 0 Å². The molecule has 25 heavy (non-hydrogen) atoms. The highest BCUT2D eigenvalue weighted by molar-refractivity contribution is 6.32. The van der Waals surface area contributed by atoms with Gasteiger partial charge in [-0.1, -0.05) is 17.7 Å². The molecule has 0 aromatic heterocycles. The molecule has 0 fully saturated rings. The minimum Gasteiger partial charge on any atom is -0.497 e. The molecule has 128 valence electrons. The first-order valence-electron chi connectivity index (χ1n) is 7.94. The lowest BCUT2D eigenvalue weighted by atomic mass is 10.1. The number of anilines is 1. The summed E-state index contributed by atoms with van der Waals surface area (Å²) >= 11 is 0. The molecule has 0 spiro atoms. The Morgan fingerprint density at radius 2 is 1.72 bits per heavy atom. The van der Waals surface area contributed by atoms with Gasteiger partial charge < -0.3 is 9.47 Å². The number of carbonyl (C=O) groups excluding carboxylic acids is 1. The van der Waals surface area contributed by atoms with Crippen LogP contribution in [0, 0.1) is 6.92 Å². The summed E-state index contributed by atoms with van der Waals surface area (Å²) in [6, 6.07) is 13.2. The molecule has 2 aromatic rings. The number of ether oxygens (including phenoxy) is 2. The van der Waals surface area contributed by atoms with Crippen molar-refractivity contribution >= 4 is 23.4 Å². The van der Waals surface area contributed by atoms with Crippen molar-refractivity contribution in [2.24, 2.45) is 5.10 Å². The van der Waals surface area contributed by atoms with E-state index < -0.39 is 0 Å².